The van der Waals surface area contributed by atoms with Gasteiger partial charge in [-0.05, 0) is 55.8 Å². The number of methoxy groups -OCH3 is 1. The monoisotopic (exact) mass is 363 g/mol. The summed E-state index contributed by atoms with van der Waals surface area (Å²) in [6.07, 6.45) is 1.40. The van der Waals surface area contributed by atoms with Gasteiger partial charge in [-0.3, -0.25) is 9.59 Å². The molecule has 0 fully saturated rings. The van der Waals surface area contributed by atoms with Crippen molar-refractivity contribution in [3.05, 3.63) is 71.4 Å². The first kappa shape index (κ1) is 19.7. The van der Waals surface area contributed by atoms with Crippen LogP contribution in [0, 0.1) is 11.3 Å². The fourth-order valence-corrected chi connectivity index (χ4v) is 2.33. The smallest absolute Gasteiger partial charge is 0.267 e. The molecule has 2 N–H and O–H groups in total. The first-order valence-electron chi connectivity index (χ1n) is 8.37. The van der Waals surface area contributed by atoms with E-state index in [9.17, 15) is 14.9 Å². The number of ketones is 1. The van der Waals surface area contributed by atoms with Gasteiger partial charge in [-0.1, -0.05) is 12.1 Å². The number of carbonyl (C=O) groups is 2. The minimum Gasteiger partial charge on any atom is -0.497 e. The van der Waals surface area contributed by atoms with E-state index in [4.69, 9.17) is 4.74 Å². The third-order valence-electron chi connectivity index (χ3n) is 4.01. The Balaban J connectivity index is 2.02. The highest BCUT2D eigenvalue weighted by molar-refractivity contribution is 6.06. The van der Waals surface area contributed by atoms with Crippen LogP contribution in [-0.2, 0) is 4.79 Å². The highest BCUT2D eigenvalue weighted by Gasteiger charge is 2.11. The topological polar surface area (TPSA) is 91.2 Å². The number of hydrogen-bond donors (Lipinski definition) is 2. The Morgan fingerprint density at radius 3 is 2.26 bits per heavy atom. The molecule has 0 bridgehead atoms. The second kappa shape index (κ2) is 9.20. The number of nitrogens with one attached hydrogen (secondary N) is 2. The minimum absolute atomic E-state index is 0.0500. The molecule has 0 aliphatic carbocycles. The summed E-state index contributed by atoms with van der Waals surface area (Å²) in [5, 5.41) is 15.0. The number of Topliss-reactive ketones (excluding diaryl/α,β-unsaturated/α-hetero) is 1. The lowest BCUT2D eigenvalue weighted by atomic mass is 10.1. The van der Waals surface area contributed by atoms with Crippen LogP contribution in [0.1, 0.15) is 35.8 Å². The maximum Gasteiger partial charge on any atom is 0.267 e. The molecule has 0 aliphatic rings. The molecule has 0 aliphatic heterocycles. The molecule has 0 aromatic heterocycles. The Bertz CT molecular complexity index is 878. The minimum atomic E-state index is -0.525. The summed E-state index contributed by atoms with van der Waals surface area (Å²) in [6.45, 7) is 3.39. The number of ether oxygens (including phenoxy) is 1. The molecule has 0 spiro atoms. The van der Waals surface area contributed by atoms with Crippen molar-refractivity contribution in [1.82, 2.24) is 5.32 Å². The fourth-order valence-electron chi connectivity index (χ4n) is 2.33. The van der Waals surface area contributed by atoms with Crippen LogP contribution in [0.5, 0.6) is 5.75 Å². The molecule has 27 heavy (non-hydrogen) atoms. The van der Waals surface area contributed by atoms with Crippen LogP contribution >= 0.6 is 0 Å². The van der Waals surface area contributed by atoms with Crippen molar-refractivity contribution >= 4 is 17.4 Å². The Kier molecular flexibility index (Phi) is 6.73. The van der Waals surface area contributed by atoms with Crippen LogP contribution in [0.2, 0.25) is 0 Å². The predicted molar refractivity (Wildman–Crippen MR) is 103 cm³/mol. The molecule has 1 amide bonds. The number of amides is 1. The van der Waals surface area contributed by atoms with Crippen LogP contribution in [0.25, 0.3) is 0 Å². The molecule has 2 aromatic rings. The zero-order valence-corrected chi connectivity index (χ0v) is 15.4. The number of anilines is 1. The molecule has 0 radical (unpaired) electrons. The molecule has 1 atom stereocenters. The van der Waals surface area contributed by atoms with E-state index in [2.05, 4.69) is 10.6 Å². The van der Waals surface area contributed by atoms with Crippen molar-refractivity contribution in [3.63, 3.8) is 0 Å². The van der Waals surface area contributed by atoms with Gasteiger partial charge in [0.05, 0.1) is 7.11 Å². The van der Waals surface area contributed by atoms with Crippen molar-refractivity contribution in [2.24, 2.45) is 0 Å². The van der Waals surface area contributed by atoms with Crippen LogP contribution in [0.3, 0.4) is 0 Å². The average Bonchev–Trinajstić information content (AvgIpc) is 2.68. The SMILES string of the molecule is COc1ccc(C(C)N/C=C(/C#N)C(=O)Nc2ccc(C(C)=O)cc2)cc1. The van der Waals surface area contributed by atoms with Gasteiger partial charge in [-0.25, -0.2) is 0 Å². The Morgan fingerprint density at radius 2 is 1.74 bits per heavy atom. The van der Waals surface area contributed by atoms with Crippen molar-refractivity contribution in [2.75, 3.05) is 12.4 Å². The van der Waals surface area contributed by atoms with Gasteiger partial charge in [-0.15, -0.1) is 0 Å². The van der Waals surface area contributed by atoms with Crippen molar-refractivity contribution < 1.29 is 14.3 Å². The molecule has 0 saturated heterocycles. The summed E-state index contributed by atoms with van der Waals surface area (Å²) in [7, 11) is 1.60. The Hall–Kier alpha value is -3.59. The number of nitrogens with zero attached hydrogens (tertiary/aromatic N) is 1. The third kappa shape index (κ3) is 5.44. The maximum atomic E-state index is 12.3. The summed E-state index contributed by atoms with van der Waals surface area (Å²) in [4.78, 5) is 23.6. The van der Waals surface area contributed by atoms with E-state index in [1.807, 2.05) is 37.3 Å². The normalized spacial score (nSPS) is 11.9. The molecule has 6 nitrogen and oxygen atoms in total. The van der Waals surface area contributed by atoms with Crippen LogP contribution in [-0.4, -0.2) is 18.8 Å². The number of hydrogen-bond acceptors (Lipinski definition) is 5. The summed E-state index contributed by atoms with van der Waals surface area (Å²) in [5.74, 6) is 0.180. The summed E-state index contributed by atoms with van der Waals surface area (Å²) < 4.78 is 5.13. The zero-order chi connectivity index (χ0) is 19.8. The lowest BCUT2D eigenvalue weighted by Crippen LogP contribution is -2.18. The Labute approximate surface area is 158 Å². The molecule has 2 aromatic carbocycles. The number of rotatable bonds is 7. The lowest BCUT2D eigenvalue weighted by Gasteiger charge is -2.13. The summed E-state index contributed by atoms with van der Waals surface area (Å²) >= 11 is 0. The van der Waals surface area contributed by atoms with Gasteiger partial charge < -0.3 is 15.4 Å². The van der Waals surface area contributed by atoms with Crippen molar-refractivity contribution in [2.45, 2.75) is 19.9 Å². The Morgan fingerprint density at radius 1 is 1.11 bits per heavy atom. The first-order valence-corrected chi connectivity index (χ1v) is 8.37. The van der Waals surface area contributed by atoms with Crippen LogP contribution in [0.4, 0.5) is 5.69 Å². The number of benzene rings is 2. The van der Waals surface area contributed by atoms with E-state index in [-0.39, 0.29) is 17.4 Å². The van der Waals surface area contributed by atoms with Gasteiger partial charge in [0.25, 0.3) is 5.91 Å². The van der Waals surface area contributed by atoms with Gasteiger partial charge in [-0.2, -0.15) is 5.26 Å². The number of nitriles is 1. The molecule has 0 heterocycles. The summed E-state index contributed by atoms with van der Waals surface area (Å²) in [6, 6.07) is 15.8. The quantitative estimate of drug-likeness (QED) is 0.446. The molecule has 6 heteroatoms. The average molecular weight is 363 g/mol. The fraction of sp³-hybridized carbons (Fsp3) is 0.190. The van der Waals surface area contributed by atoms with E-state index in [0.29, 0.717) is 11.3 Å². The number of carbonyl (C=O) groups excluding carboxylic acids is 2. The molecule has 0 saturated carbocycles. The highest BCUT2D eigenvalue weighted by atomic mass is 16.5. The molecule has 2 rings (SSSR count). The van der Waals surface area contributed by atoms with Gasteiger partial charge >= 0.3 is 0 Å². The van der Waals surface area contributed by atoms with Gasteiger partial charge in [0.2, 0.25) is 0 Å². The van der Waals surface area contributed by atoms with Crippen LogP contribution in [0.15, 0.2) is 60.3 Å². The van der Waals surface area contributed by atoms with E-state index in [1.54, 1.807) is 31.4 Å². The third-order valence-corrected chi connectivity index (χ3v) is 4.01. The van der Waals surface area contributed by atoms with Gasteiger partial charge in [0.15, 0.2) is 5.78 Å². The summed E-state index contributed by atoms with van der Waals surface area (Å²) in [5.41, 5.74) is 2.00. The molecular weight excluding hydrogens is 342 g/mol. The lowest BCUT2D eigenvalue weighted by molar-refractivity contribution is -0.112. The standard InChI is InChI=1S/C21H21N3O3/c1-14(16-6-10-20(27-3)11-7-16)23-13-18(12-22)21(26)24-19-8-4-17(5-9-19)15(2)25/h4-11,13-14,23H,1-3H3,(H,24,26)/b18-13-. The highest BCUT2D eigenvalue weighted by Crippen LogP contribution is 2.17. The second-order valence-electron chi connectivity index (χ2n) is 5.92. The van der Waals surface area contributed by atoms with E-state index >= 15 is 0 Å². The second-order valence-corrected chi connectivity index (χ2v) is 5.92. The first-order chi connectivity index (χ1) is 12.9. The van der Waals surface area contributed by atoms with Crippen LogP contribution < -0.4 is 15.4 Å². The largest absolute Gasteiger partial charge is 0.497 e. The maximum absolute atomic E-state index is 12.3. The predicted octanol–water partition coefficient (Wildman–Crippen LogP) is 3.59. The molecular formula is C21H21N3O3. The zero-order valence-electron chi connectivity index (χ0n) is 15.4. The molecule has 138 valence electrons. The van der Waals surface area contributed by atoms with E-state index < -0.39 is 5.91 Å². The van der Waals surface area contributed by atoms with Gasteiger partial charge in [0, 0.05) is 23.5 Å². The molecule has 1 unspecified atom stereocenters. The van der Waals surface area contributed by atoms with Crippen molar-refractivity contribution in [1.29, 1.82) is 5.26 Å². The van der Waals surface area contributed by atoms with Crippen molar-refractivity contribution in [3.8, 4) is 11.8 Å². The van der Waals surface area contributed by atoms with E-state index in [1.165, 1.54) is 13.1 Å². The van der Waals surface area contributed by atoms with E-state index in [0.717, 1.165) is 11.3 Å². The van der Waals surface area contributed by atoms with Gasteiger partial charge in [0.1, 0.15) is 17.4 Å².